The van der Waals surface area contributed by atoms with E-state index in [-0.39, 0.29) is 0 Å². The summed E-state index contributed by atoms with van der Waals surface area (Å²) in [4.78, 5) is 17.9. The highest BCUT2D eigenvalue weighted by atomic mass is 15.2. The Morgan fingerprint density at radius 3 is 2.78 bits per heavy atom. The molecule has 0 saturated heterocycles. The maximum Gasteiger partial charge on any atom is 0.165 e. The van der Waals surface area contributed by atoms with Gasteiger partial charge in [-0.2, -0.15) is 0 Å². The molecule has 6 heteroatoms. The first-order valence-corrected chi connectivity index (χ1v) is 8.20. The van der Waals surface area contributed by atoms with Gasteiger partial charge in [-0.15, -0.1) is 0 Å². The first kappa shape index (κ1) is 14.1. The zero-order valence-electron chi connectivity index (χ0n) is 13.2. The van der Waals surface area contributed by atoms with E-state index in [1.54, 1.807) is 18.7 Å². The largest absolute Gasteiger partial charge is 0.364 e. The van der Waals surface area contributed by atoms with Crippen LogP contribution in [-0.4, -0.2) is 24.5 Å². The minimum absolute atomic E-state index is 0.573. The molecule has 23 heavy (non-hydrogen) atoms. The van der Waals surface area contributed by atoms with Crippen LogP contribution in [0, 0.1) is 0 Å². The molecule has 3 aliphatic rings. The molecular weight excluding hydrogens is 288 g/mol. The Hall–Kier alpha value is -2.50. The van der Waals surface area contributed by atoms with Gasteiger partial charge in [0.05, 0.1) is 0 Å². The summed E-state index contributed by atoms with van der Waals surface area (Å²) in [6, 6.07) is 4.01. The van der Waals surface area contributed by atoms with Crippen LogP contribution < -0.4 is 5.32 Å². The minimum atomic E-state index is 0.573. The number of hydrogen-bond donors (Lipinski definition) is 1. The molecule has 0 radical (unpaired) electrons. The van der Waals surface area contributed by atoms with Gasteiger partial charge >= 0.3 is 0 Å². The van der Waals surface area contributed by atoms with Crippen LogP contribution in [0.15, 0.2) is 30.9 Å². The molecule has 4 rings (SSSR count). The van der Waals surface area contributed by atoms with E-state index in [4.69, 9.17) is 4.98 Å². The lowest BCUT2D eigenvalue weighted by atomic mass is 10.2. The van der Waals surface area contributed by atoms with Gasteiger partial charge in [-0.25, -0.2) is 15.0 Å². The van der Waals surface area contributed by atoms with Crippen LogP contribution in [0.1, 0.15) is 43.5 Å². The molecule has 0 atom stereocenters. The Kier molecular flexibility index (Phi) is 3.65. The number of nitrogens with one attached hydrogen (secondary N) is 1. The van der Waals surface area contributed by atoms with Gasteiger partial charge in [-0.05, 0) is 37.0 Å². The summed E-state index contributed by atoms with van der Waals surface area (Å²) in [6.07, 6.45) is 8.75. The van der Waals surface area contributed by atoms with Crippen LogP contribution >= 0.6 is 0 Å². The van der Waals surface area contributed by atoms with Gasteiger partial charge in [0.15, 0.2) is 17.3 Å². The molecule has 1 aliphatic carbocycles. The van der Waals surface area contributed by atoms with E-state index in [0.29, 0.717) is 12.5 Å². The molecule has 6 nitrogen and oxygen atoms in total. The van der Waals surface area contributed by atoms with Crippen LogP contribution in [0.4, 0.5) is 5.82 Å². The number of nitrogens with zero attached hydrogens (tertiary/aromatic N) is 5. The van der Waals surface area contributed by atoms with Crippen molar-refractivity contribution in [1.29, 1.82) is 0 Å². The van der Waals surface area contributed by atoms with Gasteiger partial charge in [0.2, 0.25) is 0 Å². The monoisotopic (exact) mass is 308 g/mol. The van der Waals surface area contributed by atoms with Gasteiger partial charge in [-0.1, -0.05) is 6.92 Å². The fourth-order valence-corrected chi connectivity index (χ4v) is 2.87. The molecule has 1 aromatic rings. The fourth-order valence-electron chi connectivity index (χ4n) is 2.87. The molecule has 0 aromatic carbocycles. The molecule has 1 saturated carbocycles. The van der Waals surface area contributed by atoms with E-state index in [2.05, 4.69) is 31.8 Å². The Morgan fingerprint density at radius 2 is 2.04 bits per heavy atom. The molecule has 1 aromatic heterocycles. The summed E-state index contributed by atoms with van der Waals surface area (Å²) in [7, 11) is 0. The number of imidazole rings is 1. The van der Waals surface area contributed by atoms with Crippen LogP contribution in [-0.2, 0) is 13.1 Å². The van der Waals surface area contributed by atoms with Crippen molar-refractivity contribution in [2.24, 2.45) is 0 Å². The van der Waals surface area contributed by atoms with Crippen molar-refractivity contribution < 1.29 is 0 Å². The number of pyridine rings is 1. The van der Waals surface area contributed by atoms with E-state index < -0.39 is 0 Å². The summed E-state index contributed by atoms with van der Waals surface area (Å²) in [5, 5.41) is 3.43. The number of anilines is 1. The predicted octanol–water partition coefficient (Wildman–Crippen LogP) is 3.07. The second kappa shape index (κ2) is 5.95. The summed E-state index contributed by atoms with van der Waals surface area (Å²) >= 11 is 0. The molecule has 118 valence electrons. The first-order chi connectivity index (χ1) is 11.4. The van der Waals surface area contributed by atoms with Crippen LogP contribution in [0.2, 0.25) is 0 Å². The summed E-state index contributed by atoms with van der Waals surface area (Å²) in [5.41, 5.74) is 2.03. The lowest BCUT2D eigenvalue weighted by Crippen LogP contribution is -2.15. The third-order valence-corrected chi connectivity index (χ3v) is 4.16. The smallest absolute Gasteiger partial charge is 0.165 e. The van der Waals surface area contributed by atoms with Crippen molar-refractivity contribution in [2.45, 2.75) is 45.2 Å². The van der Waals surface area contributed by atoms with Gasteiger partial charge in [-0.3, -0.25) is 4.98 Å². The molecule has 1 fully saturated rings. The number of aromatic nitrogens is 5. The van der Waals surface area contributed by atoms with E-state index in [1.807, 2.05) is 12.1 Å². The topological polar surface area (TPSA) is 68.5 Å². The second-order valence-corrected chi connectivity index (χ2v) is 6.00. The molecule has 3 heterocycles. The Morgan fingerprint density at radius 1 is 1.22 bits per heavy atom. The second-order valence-electron chi connectivity index (χ2n) is 6.00. The normalized spacial score (nSPS) is 14.3. The van der Waals surface area contributed by atoms with E-state index in [9.17, 15) is 0 Å². The number of fused-ring (bicyclic) bond motifs is 1. The maximum atomic E-state index is 4.90. The highest BCUT2D eigenvalue weighted by molar-refractivity contribution is 5.67. The molecular formula is C17H20N6. The lowest BCUT2D eigenvalue weighted by molar-refractivity contribution is 0.617. The Labute approximate surface area is 135 Å². The SMILES string of the molecule is CCCn1c2ncnc-2c(NCc2ccncc2)nc1C1CC1. The van der Waals surface area contributed by atoms with Crippen LogP contribution in [0.5, 0.6) is 0 Å². The summed E-state index contributed by atoms with van der Waals surface area (Å²) < 4.78 is 2.25. The van der Waals surface area contributed by atoms with Gasteiger partial charge < -0.3 is 9.88 Å². The van der Waals surface area contributed by atoms with Crippen LogP contribution in [0.25, 0.3) is 11.5 Å². The van der Waals surface area contributed by atoms with Crippen molar-refractivity contribution >= 4 is 5.82 Å². The maximum absolute atomic E-state index is 4.90. The third-order valence-electron chi connectivity index (χ3n) is 4.16. The minimum Gasteiger partial charge on any atom is -0.364 e. The molecule has 0 amide bonds. The molecule has 0 bridgehead atoms. The van der Waals surface area contributed by atoms with Crippen LogP contribution in [0.3, 0.4) is 0 Å². The highest BCUT2D eigenvalue weighted by Gasteiger charge is 2.31. The van der Waals surface area contributed by atoms with E-state index in [1.165, 1.54) is 18.4 Å². The highest BCUT2D eigenvalue weighted by Crippen LogP contribution is 2.41. The van der Waals surface area contributed by atoms with Crippen molar-refractivity contribution in [3.05, 3.63) is 42.2 Å². The first-order valence-electron chi connectivity index (χ1n) is 8.20. The average molecular weight is 308 g/mol. The van der Waals surface area contributed by atoms with Crippen molar-refractivity contribution in [3.8, 4) is 11.5 Å². The van der Waals surface area contributed by atoms with E-state index in [0.717, 1.165) is 36.1 Å². The zero-order chi connectivity index (χ0) is 15.6. The molecule has 0 spiro atoms. The summed E-state index contributed by atoms with van der Waals surface area (Å²) in [6.45, 7) is 3.83. The van der Waals surface area contributed by atoms with Crippen molar-refractivity contribution in [2.75, 3.05) is 5.32 Å². The number of rotatable bonds is 6. The summed E-state index contributed by atoms with van der Waals surface area (Å²) in [5.74, 6) is 3.51. The van der Waals surface area contributed by atoms with Crippen molar-refractivity contribution in [1.82, 2.24) is 24.5 Å². The average Bonchev–Trinajstić information content (AvgIpc) is 3.31. The van der Waals surface area contributed by atoms with E-state index >= 15 is 0 Å². The molecule has 1 N–H and O–H groups in total. The van der Waals surface area contributed by atoms with Gasteiger partial charge in [0.25, 0.3) is 0 Å². The van der Waals surface area contributed by atoms with Gasteiger partial charge in [0.1, 0.15) is 12.2 Å². The fraction of sp³-hybridized carbons (Fsp3) is 0.412. The van der Waals surface area contributed by atoms with Crippen molar-refractivity contribution in [3.63, 3.8) is 0 Å². The quantitative estimate of drug-likeness (QED) is 0.758. The molecule has 2 aliphatic heterocycles. The number of hydrogen-bond acceptors (Lipinski definition) is 5. The van der Waals surface area contributed by atoms with Gasteiger partial charge in [0, 0.05) is 31.4 Å². The Balaban J connectivity index is 1.69. The standard InChI is InChI=1S/C17H20N6/c1-2-9-23-16(13-3-4-13)22-15(14-17(23)21-11-20-14)19-10-12-5-7-18-8-6-12/h5-8,11,13,19H,2-4,9-10H2,1H3. The Bertz CT molecular complexity index is 762. The third kappa shape index (κ3) is 2.76. The molecule has 0 unspecified atom stereocenters. The predicted molar refractivity (Wildman–Crippen MR) is 88.3 cm³/mol. The zero-order valence-corrected chi connectivity index (χ0v) is 13.2. The lowest BCUT2D eigenvalue weighted by Gasteiger charge is -2.18.